The van der Waals surface area contributed by atoms with Gasteiger partial charge >= 0.3 is 5.97 Å². The van der Waals surface area contributed by atoms with Crippen LogP contribution in [0.1, 0.15) is 10.4 Å². The summed E-state index contributed by atoms with van der Waals surface area (Å²) in [6, 6.07) is 12.1. The van der Waals surface area contributed by atoms with Crippen molar-refractivity contribution in [2.75, 3.05) is 43.1 Å². The predicted molar refractivity (Wildman–Crippen MR) is 110 cm³/mol. The maximum Gasteiger partial charge on any atom is 0.383 e. The summed E-state index contributed by atoms with van der Waals surface area (Å²) in [6.45, 7) is 3.22. The third-order valence-electron chi connectivity index (χ3n) is 4.33. The van der Waals surface area contributed by atoms with Gasteiger partial charge in [0.05, 0.1) is 12.6 Å². The molecule has 1 aliphatic heterocycles. The smallest absolute Gasteiger partial charge is 0.383 e. The molecule has 28 heavy (non-hydrogen) atoms. The minimum absolute atomic E-state index is 0.0523. The van der Waals surface area contributed by atoms with Crippen LogP contribution in [0.4, 0.5) is 15.9 Å². The quantitative estimate of drug-likeness (QED) is 0.748. The highest BCUT2D eigenvalue weighted by Gasteiger charge is 2.20. The molecule has 1 heterocycles. The van der Waals surface area contributed by atoms with E-state index >= 15 is 0 Å². The molecule has 150 valence electrons. The zero-order chi connectivity index (χ0) is 20.5. The van der Waals surface area contributed by atoms with Crippen molar-refractivity contribution >= 4 is 35.1 Å². The Balaban J connectivity index is 0.000000878. The molecule has 0 radical (unpaired) electrons. The Morgan fingerprint density at radius 3 is 2.11 bits per heavy atom. The number of nitrogens with two attached hydrogens (primary N) is 1. The Kier molecular flexibility index (Phi) is 7.82. The van der Waals surface area contributed by atoms with E-state index < -0.39 is 5.97 Å². The number of hydrogen-bond acceptors (Lipinski definition) is 7. The van der Waals surface area contributed by atoms with E-state index in [4.69, 9.17) is 4.74 Å². The van der Waals surface area contributed by atoms with Gasteiger partial charge in [0, 0.05) is 48.1 Å². The number of piperazine rings is 1. The SMILES string of the molecule is COc1cc(N2CCN(c3ccc(O)cc3)CC2)ccc1C(=O)OF.NC=S. The second kappa shape index (κ2) is 10.3. The zero-order valence-corrected chi connectivity index (χ0v) is 16.2. The van der Waals surface area contributed by atoms with E-state index in [1.165, 1.54) is 13.2 Å². The average molecular weight is 407 g/mol. The van der Waals surface area contributed by atoms with Gasteiger partial charge in [-0.05, 0) is 36.4 Å². The summed E-state index contributed by atoms with van der Waals surface area (Å²) in [7, 11) is 1.43. The fourth-order valence-electron chi connectivity index (χ4n) is 2.97. The number of methoxy groups -OCH3 is 1. The molecule has 1 aliphatic rings. The topological polar surface area (TPSA) is 88.3 Å². The summed E-state index contributed by atoms with van der Waals surface area (Å²) < 4.78 is 17.3. The molecule has 1 saturated heterocycles. The van der Waals surface area contributed by atoms with Crippen LogP contribution >= 0.6 is 12.2 Å². The minimum Gasteiger partial charge on any atom is -0.508 e. The van der Waals surface area contributed by atoms with Gasteiger partial charge in [0.15, 0.2) is 0 Å². The molecule has 7 nitrogen and oxygen atoms in total. The van der Waals surface area contributed by atoms with Crippen LogP contribution in [-0.4, -0.2) is 49.9 Å². The zero-order valence-electron chi connectivity index (χ0n) is 15.4. The van der Waals surface area contributed by atoms with Gasteiger partial charge in [-0.25, -0.2) is 9.74 Å². The number of hydrogen-bond donors (Lipinski definition) is 2. The van der Waals surface area contributed by atoms with Crippen LogP contribution in [0.2, 0.25) is 0 Å². The van der Waals surface area contributed by atoms with Crippen LogP contribution in [0.5, 0.6) is 11.5 Å². The minimum atomic E-state index is -1.07. The van der Waals surface area contributed by atoms with E-state index in [1.54, 1.807) is 24.3 Å². The van der Waals surface area contributed by atoms with Gasteiger partial charge in [-0.1, -0.05) is 12.2 Å². The van der Waals surface area contributed by atoms with E-state index in [9.17, 15) is 14.4 Å². The van der Waals surface area contributed by atoms with Crippen molar-refractivity contribution in [3.05, 3.63) is 48.0 Å². The Morgan fingerprint density at radius 2 is 1.61 bits per heavy atom. The Hall–Kier alpha value is -3.07. The highest BCUT2D eigenvalue weighted by atomic mass is 32.1. The normalized spacial score (nSPS) is 13.2. The van der Waals surface area contributed by atoms with Crippen LogP contribution in [0.25, 0.3) is 0 Å². The first-order valence-electron chi connectivity index (χ1n) is 8.49. The summed E-state index contributed by atoms with van der Waals surface area (Å²) in [6.07, 6.45) is 0. The van der Waals surface area contributed by atoms with Crippen molar-refractivity contribution in [3.63, 3.8) is 0 Å². The van der Waals surface area contributed by atoms with Crippen molar-refractivity contribution < 1.29 is 24.1 Å². The second-order valence-corrected chi connectivity index (χ2v) is 6.15. The molecular formula is C19H22FN3O4S. The van der Waals surface area contributed by atoms with Crippen LogP contribution < -0.4 is 20.3 Å². The lowest BCUT2D eigenvalue weighted by atomic mass is 10.1. The van der Waals surface area contributed by atoms with Gasteiger partial charge in [-0.15, -0.1) is 0 Å². The first-order chi connectivity index (χ1) is 13.5. The maximum absolute atomic E-state index is 12.1. The number of aromatic hydroxyl groups is 1. The number of ether oxygens (including phenoxy) is 1. The summed E-state index contributed by atoms with van der Waals surface area (Å²) in [5.74, 6) is -0.539. The highest BCUT2D eigenvalue weighted by Crippen LogP contribution is 2.28. The van der Waals surface area contributed by atoms with Gasteiger partial charge in [0.1, 0.15) is 17.1 Å². The summed E-state index contributed by atoms with van der Waals surface area (Å²) in [5, 5.41) is 9.38. The third-order valence-corrected chi connectivity index (χ3v) is 4.33. The lowest BCUT2D eigenvalue weighted by Crippen LogP contribution is -2.46. The largest absolute Gasteiger partial charge is 0.508 e. The molecule has 9 heteroatoms. The number of phenols is 1. The van der Waals surface area contributed by atoms with Crippen LogP contribution in [0.15, 0.2) is 42.5 Å². The Labute approximate surface area is 168 Å². The average Bonchev–Trinajstić information content (AvgIpc) is 2.74. The maximum atomic E-state index is 12.1. The van der Waals surface area contributed by atoms with Crippen LogP contribution in [-0.2, 0) is 4.94 Å². The molecule has 2 aromatic carbocycles. The first kappa shape index (κ1) is 21.2. The number of rotatable bonds is 4. The molecule has 0 bridgehead atoms. The number of benzene rings is 2. The fraction of sp³-hybridized carbons (Fsp3) is 0.263. The van der Waals surface area contributed by atoms with Crippen molar-refractivity contribution in [1.82, 2.24) is 0 Å². The summed E-state index contributed by atoms with van der Waals surface area (Å²) >= 11 is 4.05. The molecule has 0 atom stereocenters. The highest BCUT2D eigenvalue weighted by molar-refractivity contribution is 7.78. The lowest BCUT2D eigenvalue weighted by Gasteiger charge is -2.37. The third kappa shape index (κ3) is 5.23. The number of thiocarbonyl (C=S) groups is 1. The number of anilines is 2. The Bertz CT molecular complexity index is 796. The number of phenolic OH excluding ortho intramolecular Hbond substituents is 1. The molecule has 0 spiro atoms. The van der Waals surface area contributed by atoms with E-state index in [0.29, 0.717) is 0 Å². The molecular weight excluding hydrogens is 385 g/mol. The number of carbonyl (C=O) groups excluding carboxylic acids is 1. The molecule has 1 fully saturated rings. The molecule has 3 N–H and O–H groups in total. The molecule has 2 aromatic rings. The van der Waals surface area contributed by atoms with E-state index in [-0.39, 0.29) is 17.1 Å². The molecule has 0 unspecified atom stereocenters. The van der Waals surface area contributed by atoms with Gasteiger partial charge in [0.25, 0.3) is 0 Å². The van der Waals surface area contributed by atoms with Crippen LogP contribution in [0.3, 0.4) is 0 Å². The Morgan fingerprint density at radius 1 is 1.11 bits per heavy atom. The van der Waals surface area contributed by atoms with Crippen molar-refractivity contribution in [3.8, 4) is 11.5 Å². The van der Waals surface area contributed by atoms with Crippen molar-refractivity contribution in [2.24, 2.45) is 5.73 Å². The summed E-state index contributed by atoms with van der Waals surface area (Å²) in [4.78, 5) is 19.1. The van der Waals surface area contributed by atoms with E-state index in [1.807, 2.05) is 12.1 Å². The van der Waals surface area contributed by atoms with Gasteiger partial charge in [-0.2, -0.15) is 0 Å². The molecule has 3 rings (SSSR count). The van der Waals surface area contributed by atoms with Crippen molar-refractivity contribution in [1.29, 1.82) is 0 Å². The molecule has 0 saturated carbocycles. The first-order valence-corrected chi connectivity index (χ1v) is 8.96. The molecule has 0 amide bonds. The molecule has 0 aliphatic carbocycles. The fourth-order valence-corrected chi connectivity index (χ4v) is 2.97. The monoisotopic (exact) mass is 407 g/mol. The lowest BCUT2D eigenvalue weighted by molar-refractivity contribution is -0.0789. The second-order valence-electron chi connectivity index (χ2n) is 5.88. The van der Waals surface area contributed by atoms with Gasteiger partial charge < -0.3 is 25.4 Å². The van der Waals surface area contributed by atoms with Crippen molar-refractivity contribution in [2.45, 2.75) is 0 Å². The van der Waals surface area contributed by atoms with Gasteiger partial charge in [0.2, 0.25) is 0 Å². The number of nitrogens with zero attached hydrogens (tertiary/aromatic N) is 2. The van der Waals surface area contributed by atoms with E-state index in [2.05, 4.69) is 32.7 Å². The number of halogens is 1. The van der Waals surface area contributed by atoms with E-state index in [0.717, 1.165) is 43.0 Å². The standard InChI is InChI=1S/C18H19FN2O4.CH3NS/c1-24-17-12-14(4-7-16(17)18(23)25-19)21-10-8-20(9-11-21)13-2-5-15(22)6-3-13;2-1-3/h2-7,12,22H,8-11H2,1H3;1H,(H2,2,3). The number of carbonyl (C=O) groups is 1. The van der Waals surface area contributed by atoms with Crippen LogP contribution in [0, 0.1) is 0 Å². The molecule has 0 aromatic heterocycles. The van der Waals surface area contributed by atoms with Gasteiger partial charge in [-0.3, -0.25) is 0 Å². The summed E-state index contributed by atoms with van der Waals surface area (Å²) in [5.41, 5.74) is 7.64. The predicted octanol–water partition coefficient (Wildman–Crippen LogP) is 2.67.